The molecule has 2 heterocycles. The average Bonchev–Trinajstić information content (AvgIpc) is 2.39. The number of aromatic nitrogens is 3. The van der Waals surface area contributed by atoms with E-state index in [-0.39, 0.29) is 11.2 Å². The van der Waals surface area contributed by atoms with Crippen LogP contribution in [0.4, 0.5) is 4.39 Å². The van der Waals surface area contributed by atoms with Gasteiger partial charge in [0.15, 0.2) is 5.65 Å². The van der Waals surface area contributed by atoms with Gasteiger partial charge in [-0.15, -0.1) is 5.10 Å². The van der Waals surface area contributed by atoms with Gasteiger partial charge in [0.2, 0.25) is 5.95 Å². The van der Waals surface area contributed by atoms with Crippen LogP contribution in [0.1, 0.15) is 10.4 Å². The third kappa shape index (κ3) is 1.03. The molecule has 0 aromatic carbocycles. The highest BCUT2D eigenvalue weighted by molar-refractivity contribution is 5.98. The topological polar surface area (TPSA) is 73.3 Å². The number of fused-ring (bicyclic) bond motifs is 1. The molecule has 0 aliphatic carbocycles. The average molecular weight is 180 g/mol. The van der Waals surface area contributed by atoms with E-state index in [1.165, 1.54) is 12.4 Å². The zero-order valence-corrected chi connectivity index (χ0v) is 6.44. The van der Waals surface area contributed by atoms with Gasteiger partial charge in [-0.25, -0.2) is 9.50 Å². The summed E-state index contributed by atoms with van der Waals surface area (Å²) in [6.45, 7) is 0. The van der Waals surface area contributed by atoms with Crippen LogP contribution in [0.15, 0.2) is 18.5 Å². The molecule has 2 aromatic heterocycles. The van der Waals surface area contributed by atoms with Gasteiger partial charge >= 0.3 is 0 Å². The number of rotatable bonds is 1. The van der Waals surface area contributed by atoms with E-state index in [9.17, 15) is 9.18 Å². The molecule has 2 rings (SSSR count). The molecule has 0 atom stereocenters. The molecule has 0 saturated carbocycles. The van der Waals surface area contributed by atoms with Crippen LogP contribution in [0, 0.1) is 5.95 Å². The maximum absolute atomic E-state index is 13.0. The van der Waals surface area contributed by atoms with Crippen molar-refractivity contribution in [2.45, 2.75) is 0 Å². The van der Waals surface area contributed by atoms with E-state index < -0.39 is 11.9 Å². The molecule has 0 fully saturated rings. The molecular formula is C7H5FN4O. The fraction of sp³-hybridized carbons (Fsp3) is 0. The highest BCUT2D eigenvalue weighted by atomic mass is 19.1. The molecule has 66 valence electrons. The molecule has 5 nitrogen and oxygen atoms in total. The van der Waals surface area contributed by atoms with E-state index in [1.807, 2.05) is 0 Å². The van der Waals surface area contributed by atoms with E-state index in [4.69, 9.17) is 5.73 Å². The molecule has 2 aromatic rings. The molecule has 0 saturated heterocycles. The van der Waals surface area contributed by atoms with E-state index in [0.717, 1.165) is 4.52 Å². The van der Waals surface area contributed by atoms with Crippen LogP contribution in [0.25, 0.3) is 5.65 Å². The minimum absolute atomic E-state index is 0.132. The summed E-state index contributed by atoms with van der Waals surface area (Å²) in [6.07, 6.45) is 2.92. The zero-order chi connectivity index (χ0) is 9.42. The van der Waals surface area contributed by atoms with Gasteiger partial charge in [0.05, 0.1) is 0 Å². The number of nitrogens with two attached hydrogens (primary N) is 1. The lowest BCUT2D eigenvalue weighted by molar-refractivity contribution is 0.0998. The molecule has 0 spiro atoms. The molecule has 0 bridgehead atoms. The summed E-state index contributed by atoms with van der Waals surface area (Å²) in [7, 11) is 0. The van der Waals surface area contributed by atoms with Gasteiger partial charge in [0, 0.05) is 12.4 Å². The summed E-state index contributed by atoms with van der Waals surface area (Å²) in [4.78, 5) is 14.6. The molecule has 2 N–H and O–H groups in total. The van der Waals surface area contributed by atoms with Crippen molar-refractivity contribution in [3.05, 3.63) is 30.0 Å². The standard InChI is InChI=1S/C7H5FN4O/c8-5-4(6(9)13)7-10-2-1-3-12(7)11-5/h1-3H,(H2,9,13). The van der Waals surface area contributed by atoms with Crippen LogP contribution in [0.3, 0.4) is 0 Å². The number of hydrogen-bond acceptors (Lipinski definition) is 3. The fourth-order valence-electron chi connectivity index (χ4n) is 1.07. The fourth-order valence-corrected chi connectivity index (χ4v) is 1.07. The minimum Gasteiger partial charge on any atom is -0.365 e. The molecule has 0 radical (unpaired) electrons. The Morgan fingerprint density at radius 1 is 1.62 bits per heavy atom. The quantitative estimate of drug-likeness (QED) is 0.669. The number of halogens is 1. The first kappa shape index (κ1) is 7.66. The Hall–Kier alpha value is -1.98. The summed E-state index contributed by atoms with van der Waals surface area (Å²) in [5.41, 5.74) is 4.81. The van der Waals surface area contributed by atoms with Gasteiger partial charge in [-0.3, -0.25) is 4.79 Å². The lowest BCUT2D eigenvalue weighted by atomic mass is 10.3. The summed E-state index contributed by atoms with van der Waals surface area (Å²) >= 11 is 0. The van der Waals surface area contributed by atoms with E-state index in [1.54, 1.807) is 6.07 Å². The lowest BCUT2D eigenvalue weighted by Crippen LogP contribution is -2.12. The van der Waals surface area contributed by atoms with Gasteiger partial charge < -0.3 is 5.73 Å². The highest BCUT2D eigenvalue weighted by Gasteiger charge is 2.17. The van der Waals surface area contributed by atoms with Crippen LogP contribution < -0.4 is 5.73 Å². The summed E-state index contributed by atoms with van der Waals surface area (Å²) in [6, 6.07) is 1.57. The first-order valence-corrected chi connectivity index (χ1v) is 3.49. The monoisotopic (exact) mass is 180 g/mol. The summed E-state index contributed by atoms with van der Waals surface area (Å²) < 4.78 is 14.1. The van der Waals surface area contributed by atoms with Crippen molar-refractivity contribution in [3.63, 3.8) is 0 Å². The number of nitrogens with zero attached hydrogens (tertiary/aromatic N) is 3. The van der Waals surface area contributed by atoms with Crippen LogP contribution in [-0.2, 0) is 0 Å². The first-order valence-electron chi connectivity index (χ1n) is 3.49. The van der Waals surface area contributed by atoms with Crippen molar-refractivity contribution >= 4 is 11.6 Å². The maximum atomic E-state index is 13.0. The van der Waals surface area contributed by atoms with Crippen LogP contribution >= 0.6 is 0 Å². The number of carbonyl (C=O) groups is 1. The smallest absolute Gasteiger partial charge is 0.257 e. The number of primary amides is 1. The van der Waals surface area contributed by atoms with Crippen LogP contribution in [-0.4, -0.2) is 20.5 Å². The predicted molar refractivity (Wildman–Crippen MR) is 41.5 cm³/mol. The van der Waals surface area contributed by atoms with Gasteiger partial charge in [-0.1, -0.05) is 0 Å². The predicted octanol–water partition coefficient (Wildman–Crippen LogP) is -0.0327. The normalized spacial score (nSPS) is 10.5. The summed E-state index contributed by atoms with van der Waals surface area (Å²) in [5, 5.41) is 3.42. The number of hydrogen-bond donors (Lipinski definition) is 1. The zero-order valence-electron chi connectivity index (χ0n) is 6.44. The molecular weight excluding hydrogens is 175 g/mol. The molecule has 6 heteroatoms. The second kappa shape index (κ2) is 2.51. The Balaban J connectivity index is 2.86. The number of carbonyl (C=O) groups excluding carboxylic acids is 1. The van der Waals surface area contributed by atoms with Gasteiger partial charge in [-0.05, 0) is 6.07 Å². The minimum atomic E-state index is -0.897. The Labute approximate surface area is 72.0 Å². The second-order valence-electron chi connectivity index (χ2n) is 2.42. The molecule has 1 amide bonds. The Bertz CT molecular complexity index is 478. The second-order valence-corrected chi connectivity index (χ2v) is 2.42. The molecule has 0 aliphatic rings. The third-order valence-corrected chi connectivity index (χ3v) is 1.60. The van der Waals surface area contributed by atoms with Gasteiger partial charge in [0.25, 0.3) is 5.91 Å². The van der Waals surface area contributed by atoms with Crippen LogP contribution in [0.5, 0.6) is 0 Å². The van der Waals surface area contributed by atoms with E-state index in [0.29, 0.717) is 0 Å². The first-order chi connectivity index (χ1) is 6.20. The van der Waals surface area contributed by atoms with Crippen molar-refractivity contribution in [2.75, 3.05) is 0 Å². The van der Waals surface area contributed by atoms with Crippen molar-refractivity contribution in [2.24, 2.45) is 5.73 Å². The largest absolute Gasteiger partial charge is 0.365 e. The Morgan fingerprint density at radius 2 is 2.38 bits per heavy atom. The van der Waals surface area contributed by atoms with Gasteiger partial charge in [0.1, 0.15) is 5.56 Å². The van der Waals surface area contributed by atoms with Gasteiger partial charge in [-0.2, -0.15) is 4.39 Å². The van der Waals surface area contributed by atoms with Crippen molar-refractivity contribution < 1.29 is 9.18 Å². The Kier molecular flexibility index (Phi) is 1.48. The maximum Gasteiger partial charge on any atom is 0.257 e. The highest BCUT2D eigenvalue weighted by Crippen LogP contribution is 2.10. The molecule has 0 aliphatic heterocycles. The van der Waals surface area contributed by atoms with Crippen molar-refractivity contribution in [1.29, 1.82) is 0 Å². The van der Waals surface area contributed by atoms with E-state index >= 15 is 0 Å². The molecule has 13 heavy (non-hydrogen) atoms. The third-order valence-electron chi connectivity index (χ3n) is 1.60. The summed E-state index contributed by atoms with van der Waals surface area (Å²) in [5.74, 6) is -1.77. The Morgan fingerprint density at radius 3 is 3.08 bits per heavy atom. The number of amides is 1. The van der Waals surface area contributed by atoms with E-state index in [2.05, 4.69) is 10.1 Å². The van der Waals surface area contributed by atoms with Crippen molar-refractivity contribution in [1.82, 2.24) is 14.6 Å². The SMILES string of the molecule is NC(=O)c1c(F)nn2cccnc12. The lowest BCUT2D eigenvalue weighted by Gasteiger charge is -1.90. The van der Waals surface area contributed by atoms with Crippen molar-refractivity contribution in [3.8, 4) is 0 Å². The van der Waals surface area contributed by atoms with Crippen LogP contribution in [0.2, 0.25) is 0 Å². The molecule has 0 unspecified atom stereocenters.